The zero-order valence-corrected chi connectivity index (χ0v) is 12.1. The van der Waals surface area contributed by atoms with Crippen LogP contribution in [-0.4, -0.2) is 25.7 Å². The summed E-state index contributed by atoms with van der Waals surface area (Å²) < 4.78 is 18.6. The lowest BCUT2D eigenvalue weighted by Crippen LogP contribution is -2.28. The Balaban J connectivity index is 2.36. The van der Waals surface area contributed by atoms with Crippen LogP contribution >= 0.6 is 15.9 Å². The van der Waals surface area contributed by atoms with Gasteiger partial charge < -0.3 is 10.1 Å². The monoisotopic (exact) mass is 317 g/mol. The first-order valence-corrected chi connectivity index (χ1v) is 6.61. The van der Waals surface area contributed by atoms with E-state index in [4.69, 9.17) is 4.74 Å². The van der Waals surface area contributed by atoms with E-state index >= 15 is 0 Å². The lowest BCUT2D eigenvalue weighted by molar-refractivity contribution is 0.0885. The van der Waals surface area contributed by atoms with Gasteiger partial charge in [0.05, 0.1) is 12.2 Å². The fourth-order valence-electron chi connectivity index (χ4n) is 1.32. The van der Waals surface area contributed by atoms with Gasteiger partial charge in [0.15, 0.2) is 0 Å². The molecule has 1 aromatic carbocycles. The SMILES string of the molecule is CC(C)COCCNC(=O)c1ccc(F)cc1Br. The summed E-state index contributed by atoms with van der Waals surface area (Å²) in [6, 6.07) is 3.98. The Morgan fingerprint density at radius 3 is 2.83 bits per heavy atom. The molecule has 3 nitrogen and oxygen atoms in total. The van der Waals surface area contributed by atoms with E-state index in [0.29, 0.717) is 35.7 Å². The molecule has 0 aliphatic carbocycles. The molecule has 18 heavy (non-hydrogen) atoms. The largest absolute Gasteiger partial charge is 0.379 e. The molecule has 1 amide bonds. The maximum atomic E-state index is 12.9. The molecule has 5 heteroatoms. The van der Waals surface area contributed by atoms with Gasteiger partial charge in [-0.25, -0.2) is 4.39 Å². The zero-order valence-electron chi connectivity index (χ0n) is 10.5. The molecule has 0 atom stereocenters. The Kier molecular flexibility index (Phi) is 6.29. The molecule has 0 bridgehead atoms. The van der Waals surface area contributed by atoms with Gasteiger partial charge in [0.25, 0.3) is 5.91 Å². The Morgan fingerprint density at radius 2 is 2.22 bits per heavy atom. The van der Waals surface area contributed by atoms with Crippen molar-refractivity contribution in [2.24, 2.45) is 5.92 Å². The third-order valence-electron chi connectivity index (χ3n) is 2.16. The number of carbonyl (C=O) groups is 1. The molecule has 1 aromatic rings. The number of rotatable bonds is 6. The summed E-state index contributed by atoms with van der Waals surface area (Å²) in [5.41, 5.74) is 0.417. The van der Waals surface area contributed by atoms with Gasteiger partial charge in [-0.2, -0.15) is 0 Å². The number of hydrogen-bond acceptors (Lipinski definition) is 2. The van der Waals surface area contributed by atoms with Gasteiger partial charge in [0.1, 0.15) is 5.82 Å². The molecular weight excluding hydrogens is 301 g/mol. The van der Waals surface area contributed by atoms with Crippen molar-refractivity contribution in [1.29, 1.82) is 0 Å². The molecule has 0 spiro atoms. The lowest BCUT2D eigenvalue weighted by atomic mass is 10.2. The fourth-order valence-corrected chi connectivity index (χ4v) is 1.86. The van der Waals surface area contributed by atoms with Crippen molar-refractivity contribution in [2.45, 2.75) is 13.8 Å². The minimum atomic E-state index is -0.376. The number of amides is 1. The maximum absolute atomic E-state index is 12.9. The van der Waals surface area contributed by atoms with E-state index < -0.39 is 0 Å². The van der Waals surface area contributed by atoms with Crippen LogP contribution in [0.3, 0.4) is 0 Å². The van der Waals surface area contributed by atoms with E-state index in [1.807, 2.05) is 0 Å². The van der Waals surface area contributed by atoms with Crippen molar-refractivity contribution in [2.75, 3.05) is 19.8 Å². The van der Waals surface area contributed by atoms with Gasteiger partial charge in [-0.1, -0.05) is 13.8 Å². The molecule has 0 aromatic heterocycles. The van der Waals surface area contributed by atoms with Crippen LogP contribution in [0.2, 0.25) is 0 Å². The third kappa shape index (κ3) is 5.14. The molecule has 0 aliphatic rings. The zero-order chi connectivity index (χ0) is 13.5. The highest BCUT2D eigenvalue weighted by Crippen LogP contribution is 2.17. The smallest absolute Gasteiger partial charge is 0.252 e. The first-order chi connectivity index (χ1) is 8.50. The van der Waals surface area contributed by atoms with E-state index in [0.717, 1.165) is 0 Å². The molecule has 0 radical (unpaired) electrons. The highest BCUT2D eigenvalue weighted by Gasteiger charge is 2.09. The van der Waals surface area contributed by atoms with Crippen molar-refractivity contribution < 1.29 is 13.9 Å². The maximum Gasteiger partial charge on any atom is 0.252 e. The summed E-state index contributed by atoms with van der Waals surface area (Å²) in [6.45, 7) is 5.72. The second kappa shape index (κ2) is 7.48. The summed E-state index contributed by atoms with van der Waals surface area (Å²) in [5, 5.41) is 2.72. The number of benzene rings is 1. The second-order valence-electron chi connectivity index (χ2n) is 4.35. The van der Waals surface area contributed by atoms with Crippen molar-refractivity contribution in [3.63, 3.8) is 0 Å². The van der Waals surface area contributed by atoms with E-state index in [-0.39, 0.29) is 11.7 Å². The van der Waals surface area contributed by atoms with Gasteiger partial charge in [0.2, 0.25) is 0 Å². The van der Waals surface area contributed by atoms with Crippen molar-refractivity contribution in [3.8, 4) is 0 Å². The highest BCUT2D eigenvalue weighted by molar-refractivity contribution is 9.10. The number of hydrogen-bond donors (Lipinski definition) is 1. The number of ether oxygens (including phenoxy) is 1. The Hall–Kier alpha value is -0.940. The minimum Gasteiger partial charge on any atom is -0.379 e. The molecule has 0 unspecified atom stereocenters. The van der Waals surface area contributed by atoms with Crippen LogP contribution in [0.4, 0.5) is 4.39 Å². The van der Waals surface area contributed by atoms with Gasteiger partial charge in [0, 0.05) is 17.6 Å². The Labute approximate surface area is 115 Å². The average molecular weight is 318 g/mol. The van der Waals surface area contributed by atoms with Crippen LogP contribution < -0.4 is 5.32 Å². The van der Waals surface area contributed by atoms with E-state index in [2.05, 4.69) is 35.1 Å². The van der Waals surface area contributed by atoms with Crippen LogP contribution in [0, 0.1) is 11.7 Å². The normalized spacial score (nSPS) is 10.7. The second-order valence-corrected chi connectivity index (χ2v) is 5.20. The fraction of sp³-hybridized carbons (Fsp3) is 0.462. The van der Waals surface area contributed by atoms with Crippen LogP contribution in [0.25, 0.3) is 0 Å². The van der Waals surface area contributed by atoms with Gasteiger partial charge >= 0.3 is 0 Å². The molecule has 1 rings (SSSR count). The Bertz CT molecular complexity index is 410. The average Bonchev–Trinajstić information content (AvgIpc) is 2.27. The molecule has 100 valence electrons. The molecule has 0 aliphatic heterocycles. The number of carbonyl (C=O) groups excluding carboxylic acids is 1. The van der Waals surface area contributed by atoms with E-state index in [1.54, 1.807) is 0 Å². The highest BCUT2D eigenvalue weighted by atomic mass is 79.9. The van der Waals surface area contributed by atoms with E-state index in [1.165, 1.54) is 18.2 Å². The molecule has 0 saturated heterocycles. The minimum absolute atomic E-state index is 0.241. The van der Waals surface area contributed by atoms with E-state index in [9.17, 15) is 9.18 Å². The summed E-state index contributed by atoms with van der Waals surface area (Å²) in [5.74, 6) is -0.138. The van der Waals surface area contributed by atoms with Crippen molar-refractivity contribution >= 4 is 21.8 Å². The standard InChI is InChI=1S/C13H17BrFNO2/c1-9(2)8-18-6-5-16-13(17)11-4-3-10(15)7-12(11)14/h3-4,7,9H,5-6,8H2,1-2H3,(H,16,17). The van der Waals surface area contributed by atoms with Crippen LogP contribution in [-0.2, 0) is 4.74 Å². The van der Waals surface area contributed by atoms with Crippen LogP contribution in [0.5, 0.6) is 0 Å². The van der Waals surface area contributed by atoms with Crippen molar-refractivity contribution in [3.05, 3.63) is 34.1 Å². The van der Waals surface area contributed by atoms with Gasteiger partial charge in [-0.3, -0.25) is 4.79 Å². The molecular formula is C13H17BrFNO2. The third-order valence-corrected chi connectivity index (χ3v) is 2.81. The quantitative estimate of drug-likeness (QED) is 0.819. The predicted octanol–water partition coefficient (Wildman–Crippen LogP) is 2.99. The topological polar surface area (TPSA) is 38.3 Å². The molecule has 0 fully saturated rings. The predicted molar refractivity (Wildman–Crippen MR) is 72.1 cm³/mol. The summed E-state index contributed by atoms with van der Waals surface area (Å²) in [4.78, 5) is 11.8. The van der Waals surface area contributed by atoms with Gasteiger partial charge in [-0.05, 0) is 40.0 Å². The van der Waals surface area contributed by atoms with Crippen LogP contribution in [0.1, 0.15) is 24.2 Å². The molecule has 1 N–H and O–H groups in total. The lowest BCUT2D eigenvalue weighted by Gasteiger charge is -2.09. The Morgan fingerprint density at radius 1 is 1.50 bits per heavy atom. The number of nitrogens with one attached hydrogen (secondary N) is 1. The first kappa shape index (κ1) is 15.1. The van der Waals surface area contributed by atoms with Crippen molar-refractivity contribution in [1.82, 2.24) is 5.32 Å². The number of halogens is 2. The summed E-state index contributed by atoms with van der Waals surface area (Å²) in [6.07, 6.45) is 0. The van der Waals surface area contributed by atoms with Crippen LogP contribution in [0.15, 0.2) is 22.7 Å². The van der Waals surface area contributed by atoms with Gasteiger partial charge in [-0.15, -0.1) is 0 Å². The summed E-state index contributed by atoms with van der Waals surface area (Å²) >= 11 is 3.16. The summed E-state index contributed by atoms with van der Waals surface area (Å²) in [7, 11) is 0. The first-order valence-electron chi connectivity index (χ1n) is 5.81. The molecule has 0 heterocycles. The molecule has 0 saturated carbocycles.